The van der Waals surface area contributed by atoms with Gasteiger partial charge in [0.15, 0.2) is 0 Å². The van der Waals surface area contributed by atoms with Crippen LogP contribution in [0.25, 0.3) is 0 Å². The smallest absolute Gasteiger partial charge is 0.103 e. The van der Waals surface area contributed by atoms with Crippen LogP contribution < -0.4 is 16.4 Å². The molecule has 4 atom stereocenters. The number of aliphatic imine (C=N–C) groups is 1. The molecule has 0 aliphatic carbocycles. The molecule has 0 amide bonds. The zero-order valence-corrected chi connectivity index (χ0v) is 19.1. The summed E-state index contributed by atoms with van der Waals surface area (Å²) in [5.41, 5.74) is 17.3. The van der Waals surface area contributed by atoms with E-state index in [9.17, 15) is 0 Å². The molecule has 1 aliphatic heterocycles. The van der Waals surface area contributed by atoms with E-state index in [0.29, 0.717) is 11.4 Å². The summed E-state index contributed by atoms with van der Waals surface area (Å²) in [4.78, 5) is 18.6. The number of fused-ring (bicyclic) bond motifs is 1. The maximum absolute atomic E-state index is 6.74. The third-order valence-corrected chi connectivity index (χ3v) is 6.71. The van der Waals surface area contributed by atoms with Crippen molar-refractivity contribution < 1.29 is 9.78 Å². The van der Waals surface area contributed by atoms with E-state index >= 15 is 0 Å². The van der Waals surface area contributed by atoms with Crippen molar-refractivity contribution in [2.75, 3.05) is 12.0 Å². The van der Waals surface area contributed by atoms with Gasteiger partial charge in [0.1, 0.15) is 11.2 Å². The highest BCUT2D eigenvalue weighted by Gasteiger charge is 2.36. The Kier molecular flexibility index (Phi) is 6.98. The Labute approximate surface area is 181 Å². The van der Waals surface area contributed by atoms with Crippen molar-refractivity contribution in [2.24, 2.45) is 16.5 Å². The van der Waals surface area contributed by atoms with Gasteiger partial charge in [0.2, 0.25) is 0 Å². The monoisotopic (exact) mass is 436 g/mol. The van der Waals surface area contributed by atoms with Gasteiger partial charge in [0.05, 0.1) is 31.1 Å². The summed E-state index contributed by atoms with van der Waals surface area (Å²) < 4.78 is 0. The molecule has 1 aromatic heterocycles. The van der Waals surface area contributed by atoms with Crippen molar-refractivity contribution in [1.29, 1.82) is 0 Å². The molecule has 29 heavy (non-hydrogen) atoms. The van der Waals surface area contributed by atoms with Crippen molar-refractivity contribution in [1.82, 2.24) is 0 Å². The normalized spacial score (nSPS) is 21.4. The highest BCUT2D eigenvalue weighted by Crippen LogP contribution is 2.41. The minimum Gasteiger partial charge on any atom is -0.330 e. The lowest BCUT2D eigenvalue weighted by Crippen LogP contribution is -2.56. The summed E-state index contributed by atoms with van der Waals surface area (Å²) in [5, 5.41) is 1.74. The largest absolute Gasteiger partial charge is 0.330 e. The number of aryl methyl sites for hydroxylation is 1. The fraction of sp³-hybridized carbons (Fsp3) is 0.476. The van der Waals surface area contributed by atoms with E-state index in [-0.39, 0.29) is 24.5 Å². The van der Waals surface area contributed by atoms with Crippen LogP contribution in [-0.4, -0.2) is 37.3 Å². The van der Waals surface area contributed by atoms with Gasteiger partial charge in [-0.3, -0.25) is 4.99 Å². The molecule has 0 saturated carbocycles. The molecule has 3 rings (SSSR count). The molecule has 2 aromatic rings. The molecule has 8 heteroatoms. The lowest BCUT2D eigenvalue weighted by molar-refractivity contribution is -0.302. The summed E-state index contributed by atoms with van der Waals surface area (Å²) in [5.74, 6) is 0. The van der Waals surface area contributed by atoms with Gasteiger partial charge >= 0.3 is 0 Å². The van der Waals surface area contributed by atoms with Crippen LogP contribution in [0.15, 0.2) is 29.3 Å². The molecule has 2 heterocycles. The second kappa shape index (κ2) is 9.12. The van der Waals surface area contributed by atoms with Crippen molar-refractivity contribution in [2.45, 2.75) is 58.6 Å². The summed E-state index contributed by atoms with van der Waals surface area (Å²) >= 11 is 7.83. The predicted octanol–water partition coefficient (Wildman–Crippen LogP) is 3.99. The van der Waals surface area contributed by atoms with Crippen LogP contribution in [0, 0.1) is 13.8 Å². The van der Waals surface area contributed by atoms with Gasteiger partial charge in [-0.15, -0.1) is 11.3 Å². The molecular weight excluding hydrogens is 408 g/mol. The molecule has 158 valence electrons. The SMILES string of the molecule is COOC(C)CC1N=C(c2ccc(Cl)cc2)c2c(sc(C)c2C)N(C(C)N)C1N. The Morgan fingerprint density at radius 2 is 1.90 bits per heavy atom. The third kappa shape index (κ3) is 4.50. The molecule has 0 fully saturated rings. The van der Waals surface area contributed by atoms with Gasteiger partial charge in [-0.05, 0) is 45.4 Å². The number of rotatable bonds is 6. The zero-order chi connectivity index (χ0) is 21.3. The third-order valence-electron chi connectivity index (χ3n) is 5.24. The number of anilines is 1. The number of nitrogens with two attached hydrogens (primary N) is 2. The minimum atomic E-state index is -0.390. The zero-order valence-electron chi connectivity index (χ0n) is 17.5. The number of hydrogen-bond acceptors (Lipinski definition) is 7. The Bertz CT molecular complexity index is 882. The van der Waals surface area contributed by atoms with Crippen molar-refractivity contribution in [3.8, 4) is 0 Å². The Morgan fingerprint density at radius 1 is 1.24 bits per heavy atom. The van der Waals surface area contributed by atoms with Crippen LogP contribution in [0.5, 0.6) is 0 Å². The van der Waals surface area contributed by atoms with Crippen molar-refractivity contribution in [3.63, 3.8) is 0 Å². The summed E-state index contributed by atoms with van der Waals surface area (Å²) in [7, 11) is 1.50. The van der Waals surface area contributed by atoms with Crippen molar-refractivity contribution in [3.05, 3.63) is 50.9 Å². The van der Waals surface area contributed by atoms with E-state index in [2.05, 4.69) is 18.7 Å². The lowest BCUT2D eigenvalue weighted by Gasteiger charge is -2.36. The molecule has 0 spiro atoms. The van der Waals surface area contributed by atoms with E-state index in [4.69, 9.17) is 37.8 Å². The van der Waals surface area contributed by atoms with Crippen LogP contribution in [0.1, 0.15) is 41.8 Å². The highest BCUT2D eigenvalue weighted by molar-refractivity contribution is 7.16. The number of nitrogens with zero attached hydrogens (tertiary/aromatic N) is 2. The Hall–Kier alpha value is -1.48. The molecule has 4 N–H and O–H groups in total. The van der Waals surface area contributed by atoms with Gasteiger partial charge in [-0.1, -0.05) is 23.7 Å². The maximum atomic E-state index is 6.74. The molecule has 1 aromatic carbocycles. The van der Waals surface area contributed by atoms with E-state index in [1.54, 1.807) is 11.3 Å². The summed E-state index contributed by atoms with van der Waals surface area (Å²) in [6.07, 6.45) is -0.219. The Morgan fingerprint density at radius 3 is 2.48 bits per heavy atom. The lowest BCUT2D eigenvalue weighted by atomic mass is 9.99. The number of hydrogen-bond donors (Lipinski definition) is 2. The predicted molar refractivity (Wildman–Crippen MR) is 121 cm³/mol. The average Bonchev–Trinajstić information content (AvgIpc) is 2.87. The first-order chi connectivity index (χ1) is 13.7. The van der Waals surface area contributed by atoms with E-state index in [1.807, 2.05) is 38.1 Å². The Balaban J connectivity index is 2.20. The standard InChI is InChI=1S/C21H29ClN4O2S/c1-11(28-27-5)10-17-20(24)26(14(4)23)21-18(12(2)13(3)29-21)19(25-17)15-6-8-16(22)9-7-15/h6-9,11,14,17,20H,10,23-24H2,1-5H3. The number of thiophene rings is 1. The van der Waals surface area contributed by atoms with Crippen LogP contribution in [0.4, 0.5) is 5.00 Å². The first kappa shape index (κ1) is 22.2. The highest BCUT2D eigenvalue weighted by atomic mass is 35.5. The second-order valence-corrected chi connectivity index (χ2v) is 9.10. The van der Waals surface area contributed by atoms with Crippen LogP contribution >= 0.6 is 22.9 Å². The van der Waals surface area contributed by atoms with Crippen LogP contribution in [-0.2, 0) is 9.78 Å². The van der Waals surface area contributed by atoms with E-state index in [0.717, 1.165) is 21.8 Å². The maximum Gasteiger partial charge on any atom is 0.103 e. The van der Waals surface area contributed by atoms with Gasteiger partial charge in [0, 0.05) is 27.4 Å². The quantitative estimate of drug-likeness (QED) is 0.528. The topological polar surface area (TPSA) is 86.1 Å². The number of benzene rings is 1. The van der Waals surface area contributed by atoms with Gasteiger partial charge in [0.25, 0.3) is 0 Å². The average molecular weight is 437 g/mol. The first-order valence-corrected chi connectivity index (χ1v) is 10.9. The molecule has 4 unspecified atom stereocenters. The molecule has 0 radical (unpaired) electrons. The summed E-state index contributed by atoms with van der Waals surface area (Å²) in [6.45, 7) is 8.14. The van der Waals surface area contributed by atoms with Crippen LogP contribution in [0.3, 0.4) is 0 Å². The van der Waals surface area contributed by atoms with Gasteiger partial charge < -0.3 is 16.4 Å². The van der Waals surface area contributed by atoms with E-state index in [1.165, 1.54) is 17.6 Å². The summed E-state index contributed by atoms with van der Waals surface area (Å²) in [6, 6.07) is 7.53. The van der Waals surface area contributed by atoms with Crippen LogP contribution in [0.2, 0.25) is 5.02 Å². The molecule has 0 saturated heterocycles. The minimum absolute atomic E-state index is 0.167. The molecule has 1 aliphatic rings. The molecular formula is C21H29ClN4O2S. The number of halogens is 1. The van der Waals surface area contributed by atoms with Gasteiger partial charge in [-0.2, -0.15) is 0 Å². The molecule has 0 bridgehead atoms. The first-order valence-electron chi connectivity index (χ1n) is 9.67. The van der Waals surface area contributed by atoms with Crippen molar-refractivity contribution >= 4 is 33.7 Å². The molecule has 6 nitrogen and oxygen atoms in total. The fourth-order valence-corrected chi connectivity index (χ4v) is 5.13. The fourth-order valence-electron chi connectivity index (χ4n) is 3.72. The second-order valence-electron chi connectivity index (χ2n) is 7.46. The van der Waals surface area contributed by atoms with Gasteiger partial charge in [-0.25, -0.2) is 9.78 Å². The van der Waals surface area contributed by atoms with E-state index < -0.39 is 0 Å².